The van der Waals surface area contributed by atoms with E-state index in [2.05, 4.69) is 5.32 Å². The Balaban J connectivity index is 1.48. The molecule has 6 rings (SSSR count). The summed E-state index contributed by atoms with van der Waals surface area (Å²) in [6.07, 6.45) is 0. The summed E-state index contributed by atoms with van der Waals surface area (Å²) in [7, 11) is 0. The maximum absolute atomic E-state index is 14.2. The number of carbonyl (C=O) groups is 3. The smallest absolute Gasteiger partial charge is 0.258 e. The summed E-state index contributed by atoms with van der Waals surface area (Å²) in [6, 6.07) is 24.4. The molecule has 2 fully saturated rings. The van der Waals surface area contributed by atoms with Gasteiger partial charge in [0.25, 0.3) is 5.91 Å². The molecule has 0 bridgehead atoms. The van der Waals surface area contributed by atoms with Gasteiger partial charge < -0.3 is 10.2 Å². The van der Waals surface area contributed by atoms with Gasteiger partial charge in [-0.1, -0.05) is 72.9 Å². The van der Waals surface area contributed by atoms with Gasteiger partial charge in [0, 0.05) is 5.56 Å². The van der Waals surface area contributed by atoms with Gasteiger partial charge in [-0.3, -0.25) is 14.4 Å². The van der Waals surface area contributed by atoms with Gasteiger partial charge in [-0.15, -0.1) is 0 Å². The lowest BCUT2D eigenvalue weighted by Gasteiger charge is -2.29. The number of nitrogens with zero attached hydrogens (tertiary/aromatic N) is 2. The number of anilines is 2. The van der Waals surface area contributed by atoms with E-state index in [1.54, 1.807) is 17.0 Å². The zero-order valence-corrected chi connectivity index (χ0v) is 19.2. The molecule has 2 saturated heterocycles. The molecule has 168 valence electrons. The summed E-state index contributed by atoms with van der Waals surface area (Å²) in [6.45, 7) is 2.26. The topological polar surface area (TPSA) is 69.7 Å². The predicted molar refractivity (Wildman–Crippen MR) is 132 cm³/mol. The van der Waals surface area contributed by atoms with E-state index in [1.165, 1.54) is 4.90 Å². The first-order chi connectivity index (χ1) is 16.4. The highest BCUT2D eigenvalue weighted by molar-refractivity contribution is 7.80. The molecule has 3 aromatic carbocycles. The molecule has 1 spiro atoms. The Morgan fingerprint density at radius 3 is 2.41 bits per heavy atom. The number of benzene rings is 3. The van der Waals surface area contributed by atoms with Crippen LogP contribution in [0.25, 0.3) is 0 Å². The van der Waals surface area contributed by atoms with Crippen molar-refractivity contribution in [2.75, 3.05) is 9.80 Å². The SMILES string of the molecule is Cc1cccc(N2C(=O)[C@@H]3C(=S)N[C@@]4(C(=O)N(Cc5ccccc5)c5ccccc54)[C@@H]3C2=O)c1. The number of nitrogens with one attached hydrogen (secondary N) is 1. The van der Waals surface area contributed by atoms with Crippen LogP contribution in [0.3, 0.4) is 0 Å². The van der Waals surface area contributed by atoms with E-state index in [0.29, 0.717) is 17.8 Å². The summed E-state index contributed by atoms with van der Waals surface area (Å²) < 4.78 is 0. The van der Waals surface area contributed by atoms with E-state index >= 15 is 0 Å². The predicted octanol–water partition coefficient (Wildman–Crippen LogP) is 3.47. The van der Waals surface area contributed by atoms with Crippen molar-refractivity contribution in [3.05, 3.63) is 95.6 Å². The standard InChI is InChI=1S/C27H21N3O3S/c1-16-8-7-11-18(14-16)30-24(31)21-22(25(30)32)27(28-23(21)34)19-12-5-6-13-20(19)29(26(27)33)15-17-9-3-2-4-10-17/h2-14,21-22H,15H2,1H3,(H,28,34)/t21-,22-,27+/m0/s1. The van der Waals surface area contributed by atoms with Gasteiger partial charge in [-0.25, -0.2) is 4.90 Å². The number of hydrogen-bond acceptors (Lipinski definition) is 4. The summed E-state index contributed by atoms with van der Waals surface area (Å²) in [5, 5.41) is 3.17. The van der Waals surface area contributed by atoms with Gasteiger partial charge in [0.05, 0.1) is 28.8 Å². The zero-order valence-electron chi connectivity index (χ0n) is 18.4. The molecule has 0 aliphatic carbocycles. The number of thiocarbonyl (C=S) groups is 1. The number of carbonyl (C=O) groups excluding carboxylic acids is 3. The Bertz CT molecular complexity index is 1390. The number of fused-ring (bicyclic) bond motifs is 4. The van der Waals surface area contributed by atoms with Crippen LogP contribution in [0.5, 0.6) is 0 Å². The van der Waals surface area contributed by atoms with Crippen molar-refractivity contribution < 1.29 is 14.4 Å². The summed E-state index contributed by atoms with van der Waals surface area (Å²) in [5.41, 5.74) is 2.40. The number of rotatable bonds is 3. The van der Waals surface area contributed by atoms with Crippen molar-refractivity contribution in [1.29, 1.82) is 0 Å². The molecule has 3 amide bonds. The van der Waals surface area contributed by atoms with E-state index in [-0.39, 0.29) is 16.8 Å². The number of imide groups is 1. The largest absolute Gasteiger partial charge is 0.361 e. The second kappa shape index (κ2) is 7.33. The van der Waals surface area contributed by atoms with Crippen LogP contribution in [0.15, 0.2) is 78.9 Å². The van der Waals surface area contributed by atoms with Crippen LogP contribution in [-0.2, 0) is 26.5 Å². The average molecular weight is 468 g/mol. The molecule has 0 unspecified atom stereocenters. The van der Waals surface area contributed by atoms with Crippen LogP contribution in [-0.4, -0.2) is 22.7 Å². The van der Waals surface area contributed by atoms with Gasteiger partial charge in [-0.05, 0) is 36.2 Å². The molecule has 0 aromatic heterocycles. The van der Waals surface area contributed by atoms with Crippen molar-refractivity contribution in [2.45, 2.75) is 19.0 Å². The molecule has 34 heavy (non-hydrogen) atoms. The quantitative estimate of drug-likeness (QED) is 0.472. The van der Waals surface area contributed by atoms with E-state index < -0.39 is 23.3 Å². The first kappa shape index (κ1) is 20.7. The maximum atomic E-state index is 14.2. The summed E-state index contributed by atoms with van der Waals surface area (Å²) >= 11 is 5.59. The van der Waals surface area contributed by atoms with Crippen molar-refractivity contribution in [3.8, 4) is 0 Å². The highest BCUT2D eigenvalue weighted by Crippen LogP contribution is 2.54. The highest BCUT2D eigenvalue weighted by Gasteiger charge is 2.71. The third kappa shape index (κ3) is 2.67. The molecule has 3 heterocycles. The number of amides is 3. The molecule has 3 atom stereocenters. The Morgan fingerprint density at radius 2 is 1.65 bits per heavy atom. The normalized spacial score (nSPS) is 25.2. The monoisotopic (exact) mass is 467 g/mol. The molecule has 3 aliphatic rings. The first-order valence-electron chi connectivity index (χ1n) is 11.2. The van der Waals surface area contributed by atoms with Crippen LogP contribution >= 0.6 is 12.2 Å². The molecule has 0 saturated carbocycles. The fourth-order valence-electron chi connectivity index (χ4n) is 5.57. The lowest BCUT2D eigenvalue weighted by molar-refractivity contribution is -0.132. The van der Waals surface area contributed by atoms with Gasteiger partial charge in [0.15, 0.2) is 5.54 Å². The third-order valence-electron chi connectivity index (χ3n) is 7.02. The van der Waals surface area contributed by atoms with Gasteiger partial charge >= 0.3 is 0 Å². The van der Waals surface area contributed by atoms with Crippen molar-refractivity contribution >= 4 is 46.3 Å². The summed E-state index contributed by atoms with van der Waals surface area (Å²) in [5.74, 6) is -2.88. The van der Waals surface area contributed by atoms with Crippen LogP contribution < -0.4 is 15.1 Å². The van der Waals surface area contributed by atoms with Crippen LogP contribution in [0.1, 0.15) is 16.7 Å². The number of para-hydroxylation sites is 1. The summed E-state index contributed by atoms with van der Waals surface area (Å²) in [4.78, 5) is 44.7. The van der Waals surface area contributed by atoms with E-state index in [1.807, 2.05) is 73.7 Å². The Kier molecular flexibility index (Phi) is 4.47. The minimum absolute atomic E-state index is 0.239. The van der Waals surface area contributed by atoms with E-state index in [4.69, 9.17) is 12.2 Å². The Labute approximate surface area is 202 Å². The van der Waals surface area contributed by atoms with Crippen LogP contribution in [0.4, 0.5) is 11.4 Å². The van der Waals surface area contributed by atoms with Crippen LogP contribution in [0.2, 0.25) is 0 Å². The van der Waals surface area contributed by atoms with Crippen molar-refractivity contribution in [2.24, 2.45) is 11.8 Å². The minimum Gasteiger partial charge on any atom is -0.361 e. The highest BCUT2D eigenvalue weighted by atomic mass is 32.1. The van der Waals surface area contributed by atoms with Gasteiger partial charge in [0.1, 0.15) is 5.92 Å². The fourth-order valence-corrected chi connectivity index (χ4v) is 5.96. The van der Waals surface area contributed by atoms with Gasteiger partial charge in [-0.2, -0.15) is 0 Å². The van der Waals surface area contributed by atoms with Gasteiger partial charge in [0.2, 0.25) is 11.8 Å². The Morgan fingerprint density at radius 1 is 0.912 bits per heavy atom. The first-order valence-corrected chi connectivity index (χ1v) is 11.6. The molecule has 3 aromatic rings. The lowest BCUT2D eigenvalue weighted by atomic mass is 9.77. The molecular weight excluding hydrogens is 446 g/mol. The van der Waals surface area contributed by atoms with E-state index in [9.17, 15) is 14.4 Å². The molecule has 6 nitrogen and oxygen atoms in total. The van der Waals surface area contributed by atoms with Crippen molar-refractivity contribution in [1.82, 2.24) is 5.32 Å². The van der Waals surface area contributed by atoms with E-state index in [0.717, 1.165) is 16.8 Å². The second-order valence-corrected chi connectivity index (χ2v) is 9.44. The van der Waals surface area contributed by atoms with Crippen molar-refractivity contribution in [3.63, 3.8) is 0 Å². The molecule has 1 N–H and O–H groups in total. The molecular formula is C27H21N3O3S. The molecule has 3 aliphatic heterocycles. The minimum atomic E-state index is -1.40. The maximum Gasteiger partial charge on any atom is 0.258 e. The number of hydrogen-bond donors (Lipinski definition) is 1. The third-order valence-corrected chi connectivity index (χ3v) is 7.38. The average Bonchev–Trinajstić information content (AvgIpc) is 3.38. The lowest BCUT2D eigenvalue weighted by Crippen LogP contribution is -2.54. The second-order valence-electron chi connectivity index (χ2n) is 9.00. The molecule has 7 heteroatoms. The zero-order chi connectivity index (χ0) is 23.6. The molecule has 0 radical (unpaired) electrons. The number of aryl methyl sites for hydroxylation is 1. The fraction of sp³-hybridized carbons (Fsp3) is 0.185. The Hall–Kier alpha value is -3.84. The van der Waals surface area contributed by atoms with Crippen LogP contribution in [0, 0.1) is 18.8 Å².